The third-order valence-electron chi connectivity index (χ3n) is 2.50. The minimum atomic E-state index is -0.0971. The van der Waals surface area contributed by atoms with E-state index in [-0.39, 0.29) is 5.91 Å². The molecule has 1 aromatic rings. The summed E-state index contributed by atoms with van der Waals surface area (Å²) < 4.78 is 0. The fraction of sp³-hybridized carbons (Fsp3) is 0.500. The SMILES string of the molecule is CNC(=O)c1sc(N2CCSCC2)cc1N. The zero-order valence-corrected chi connectivity index (χ0v) is 10.8. The van der Waals surface area contributed by atoms with Gasteiger partial charge in [0.05, 0.1) is 10.7 Å². The van der Waals surface area contributed by atoms with Gasteiger partial charge in [0.2, 0.25) is 0 Å². The molecule has 1 amide bonds. The monoisotopic (exact) mass is 257 g/mol. The minimum Gasteiger partial charge on any atom is -0.397 e. The van der Waals surface area contributed by atoms with Crippen molar-refractivity contribution >= 4 is 39.7 Å². The van der Waals surface area contributed by atoms with Gasteiger partial charge in [-0.1, -0.05) is 0 Å². The fourth-order valence-electron chi connectivity index (χ4n) is 1.62. The Balaban J connectivity index is 2.19. The van der Waals surface area contributed by atoms with Gasteiger partial charge in [0.25, 0.3) is 5.91 Å². The average molecular weight is 257 g/mol. The van der Waals surface area contributed by atoms with Crippen molar-refractivity contribution in [2.75, 3.05) is 42.3 Å². The molecule has 6 heteroatoms. The Morgan fingerprint density at radius 2 is 2.19 bits per heavy atom. The second-order valence-corrected chi connectivity index (χ2v) is 5.80. The van der Waals surface area contributed by atoms with Crippen LogP contribution in [0.1, 0.15) is 9.67 Å². The number of carbonyl (C=O) groups excluding carboxylic acids is 1. The molecule has 2 heterocycles. The fourth-order valence-corrected chi connectivity index (χ4v) is 3.60. The lowest BCUT2D eigenvalue weighted by Crippen LogP contribution is -2.31. The van der Waals surface area contributed by atoms with E-state index in [1.807, 2.05) is 17.8 Å². The first-order valence-electron chi connectivity index (χ1n) is 5.16. The molecule has 4 nitrogen and oxygen atoms in total. The van der Waals surface area contributed by atoms with Crippen LogP contribution in [0.25, 0.3) is 0 Å². The number of nitrogens with two attached hydrogens (primary N) is 1. The number of hydrogen-bond acceptors (Lipinski definition) is 5. The highest BCUT2D eigenvalue weighted by Gasteiger charge is 2.18. The van der Waals surface area contributed by atoms with Gasteiger partial charge in [-0.2, -0.15) is 11.8 Å². The summed E-state index contributed by atoms with van der Waals surface area (Å²) in [6.45, 7) is 2.08. The Morgan fingerprint density at radius 1 is 1.50 bits per heavy atom. The Kier molecular flexibility index (Phi) is 3.60. The molecule has 1 aromatic heterocycles. The summed E-state index contributed by atoms with van der Waals surface area (Å²) >= 11 is 3.45. The van der Waals surface area contributed by atoms with Gasteiger partial charge in [0.15, 0.2) is 0 Å². The van der Waals surface area contributed by atoms with Crippen LogP contribution in [0.5, 0.6) is 0 Å². The van der Waals surface area contributed by atoms with Gasteiger partial charge in [0, 0.05) is 31.6 Å². The summed E-state index contributed by atoms with van der Waals surface area (Å²) in [5, 5.41) is 3.71. The van der Waals surface area contributed by atoms with Crippen molar-refractivity contribution < 1.29 is 4.79 Å². The molecule has 1 aliphatic rings. The molecule has 0 aromatic carbocycles. The van der Waals surface area contributed by atoms with Crippen LogP contribution >= 0.6 is 23.1 Å². The van der Waals surface area contributed by atoms with Crippen LogP contribution in [0.4, 0.5) is 10.7 Å². The molecule has 0 spiro atoms. The van der Waals surface area contributed by atoms with Crippen molar-refractivity contribution in [3.8, 4) is 0 Å². The number of thiophene rings is 1. The first-order valence-corrected chi connectivity index (χ1v) is 7.13. The molecular weight excluding hydrogens is 242 g/mol. The molecule has 16 heavy (non-hydrogen) atoms. The molecule has 1 fully saturated rings. The van der Waals surface area contributed by atoms with Crippen LogP contribution in [-0.4, -0.2) is 37.6 Å². The van der Waals surface area contributed by atoms with Crippen molar-refractivity contribution in [3.63, 3.8) is 0 Å². The van der Waals surface area contributed by atoms with Crippen molar-refractivity contribution in [2.45, 2.75) is 0 Å². The maximum Gasteiger partial charge on any atom is 0.263 e. The van der Waals surface area contributed by atoms with E-state index in [9.17, 15) is 4.79 Å². The molecule has 0 bridgehead atoms. The van der Waals surface area contributed by atoms with Gasteiger partial charge in [-0.3, -0.25) is 4.79 Å². The van der Waals surface area contributed by atoms with Crippen LogP contribution in [0.15, 0.2) is 6.07 Å². The highest BCUT2D eigenvalue weighted by molar-refractivity contribution is 7.99. The molecule has 3 N–H and O–H groups in total. The largest absolute Gasteiger partial charge is 0.397 e. The van der Waals surface area contributed by atoms with E-state index in [4.69, 9.17) is 5.73 Å². The first-order chi connectivity index (χ1) is 7.72. The van der Waals surface area contributed by atoms with Gasteiger partial charge in [-0.25, -0.2) is 0 Å². The van der Waals surface area contributed by atoms with E-state index in [0.717, 1.165) is 29.6 Å². The summed E-state index contributed by atoms with van der Waals surface area (Å²) in [6, 6.07) is 1.91. The molecule has 2 rings (SSSR count). The molecule has 0 saturated carbocycles. The number of nitrogen functional groups attached to an aromatic ring is 1. The molecule has 88 valence electrons. The molecule has 0 aliphatic carbocycles. The van der Waals surface area contributed by atoms with Gasteiger partial charge >= 0.3 is 0 Å². The van der Waals surface area contributed by atoms with E-state index < -0.39 is 0 Å². The number of carbonyl (C=O) groups is 1. The Labute approximate surface area is 103 Å². The summed E-state index contributed by atoms with van der Waals surface area (Å²) in [7, 11) is 1.62. The second-order valence-electron chi connectivity index (χ2n) is 3.55. The van der Waals surface area contributed by atoms with Gasteiger partial charge < -0.3 is 16.0 Å². The smallest absolute Gasteiger partial charge is 0.263 e. The highest BCUT2D eigenvalue weighted by atomic mass is 32.2. The normalized spacial score (nSPS) is 16.2. The second kappa shape index (κ2) is 4.97. The maximum atomic E-state index is 11.5. The van der Waals surface area contributed by atoms with Crippen LogP contribution in [0.3, 0.4) is 0 Å². The third kappa shape index (κ3) is 2.27. The zero-order valence-electron chi connectivity index (χ0n) is 9.16. The number of hydrogen-bond donors (Lipinski definition) is 2. The van der Waals surface area contributed by atoms with Crippen molar-refractivity contribution in [1.29, 1.82) is 0 Å². The number of amides is 1. The number of thioether (sulfide) groups is 1. The summed E-state index contributed by atoms with van der Waals surface area (Å²) in [4.78, 5) is 14.4. The van der Waals surface area contributed by atoms with E-state index in [1.165, 1.54) is 11.3 Å². The molecular formula is C10H15N3OS2. The Morgan fingerprint density at radius 3 is 2.81 bits per heavy atom. The van der Waals surface area contributed by atoms with Crippen molar-refractivity contribution in [1.82, 2.24) is 5.32 Å². The maximum absolute atomic E-state index is 11.5. The van der Waals surface area contributed by atoms with E-state index >= 15 is 0 Å². The lowest BCUT2D eigenvalue weighted by atomic mass is 10.3. The van der Waals surface area contributed by atoms with Gasteiger partial charge in [-0.15, -0.1) is 11.3 Å². The predicted octanol–water partition coefficient (Wildman–Crippen LogP) is 1.24. The standard InChI is InChI=1S/C10H15N3OS2/c1-12-10(14)9-7(11)6-8(16-9)13-2-4-15-5-3-13/h6H,2-5,11H2,1H3,(H,12,14). The summed E-state index contributed by atoms with van der Waals surface area (Å²) in [5.74, 6) is 2.19. The molecule has 0 unspecified atom stereocenters. The van der Waals surface area contributed by atoms with Crippen molar-refractivity contribution in [2.24, 2.45) is 0 Å². The summed E-state index contributed by atoms with van der Waals surface area (Å²) in [6.07, 6.45) is 0. The summed E-state index contributed by atoms with van der Waals surface area (Å²) in [5.41, 5.74) is 6.42. The lowest BCUT2D eigenvalue weighted by Gasteiger charge is -2.26. The molecule has 1 aliphatic heterocycles. The molecule has 0 radical (unpaired) electrons. The number of nitrogens with one attached hydrogen (secondary N) is 1. The quantitative estimate of drug-likeness (QED) is 0.837. The van der Waals surface area contributed by atoms with E-state index in [2.05, 4.69) is 10.2 Å². The Bertz CT molecular complexity index is 385. The minimum absolute atomic E-state index is 0.0971. The van der Waals surface area contributed by atoms with Crippen LogP contribution in [0.2, 0.25) is 0 Å². The highest BCUT2D eigenvalue weighted by Crippen LogP contribution is 2.33. The predicted molar refractivity (Wildman–Crippen MR) is 71.7 cm³/mol. The molecule has 0 atom stereocenters. The number of anilines is 2. The van der Waals surface area contributed by atoms with Gasteiger partial charge in [-0.05, 0) is 6.07 Å². The topological polar surface area (TPSA) is 58.4 Å². The Hall–Kier alpha value is -0.880. The average Bonchev–Trinajstić information content (AvgIpc) is 2.71. The van der Waals surface area contributed by atoms with Crippen LogP contribution in [-0.2, 0) is 0 Å². The zero-order chi connectivity index (χ0) is 11.5. The van der Waals surface area contributed by atoms with Crippen molar-refractivity contribution in [3.05, 3.63) is 10.9 Å². The van der Waals surface area contributed by atoms with Crippen LogP contribution < -0.4 is 16.0 Å². The van der Waals surface area contributed by atoms with Gasteiger partial charge in [0.1, 0.15) is 4.88 Å². The first kappa shape index (κ1) is 11.6. The third-order valence-corrected chi connectivity index (χ3v) is 4.66. The number of nitrogens with zero attached hydrogens (tertiary/aromatic N) is 1. The molecule has 1 saturated heterocycles. The van der Waals surface area contributed by atoms with E-state index in [0.29, 0.717) is 10.6 Å². The van der Waals surface area contributed by atoms with E-state index in [1.54, 1.807) is 7.05 Å². The lowest BCUT2D eigenvalue weighted by molar-refractivity contribution is 0.0968. The number of rotatable bonds is 2. The van der Waals surface area contributed by atoms with Crippen LogP contribution in [0, 0.1) is 0 Å².